The Morgan fingerprint density at radius 3 is 2.40 bits per heavy atom. The molecule has 0 saturated heterocycles. The van der Waals surface area contributed by atoms with Crippen molar-refractivity contribution in [3.05, 3.63) is 11.9 Å². The van der Waals surface area contributed by atoms with E-state index in [-0.39, 0.29) is 18.5 Å². The molecule has 0 aliphatic carbocycles. The van der Waals surface area contributed by atoms with Crippen LogP contribution in [0.15, 0.2) is 6.07 Å². The summed E-state index contributed by atoms with van der Waals surface area (Å²) >= 11 is 0. The van der Waals surface area contributed by atoms with E-state index in [0.717, 1.165) is 31.0 Å². The summed E-state index contributed by atoms with van der Waals surface area (Å²) in [5.74, 6) is 2.22. The number of carbonyl (C=O) groups is 1. The van der Waals surface area contributed by atoms with Gasteiger partial charge in [0.05, 0.1) is 6.54 Å². The van der Waals surface area contributed by atoms with Gasteiger partial charge in [0.2, 0.25) is 5.91 Å². The van der Waals surface area contributed by atoms with Gasteiger partial charge < -0.3 is 16.0 Å². The standard InChI is InChI=1S/C14H25N5O/c1-5-7-11-18-12(15-6-2)8-13(19-11)16-9-14(20)17-10(3)4/h8,10H,5-7,9H2,1-4H3,(H,17,20)(H2,15,16,18,19). The Balaban J connectivity index is 2.69. The molecule has 0 saturated carbocycles. The maximum Gasteiger partial charge on any atom is 0.239 e. The van der Waals surface area contributed by atoms with Crippen molar-refractivity contribution in [2.75, 3.05) is 23.7 Å². The van der Waals surface area contributed by atoms with Gasteiger partial charge in [-0.15, -0.1) is 0 Å². The number of anilines is 2. The van der Waals surface area contributed by atoms with E-state index in [0.29, 0.717) is 5.82 Å². The molecule has 0 bridgehead atoms. The lowest BCUT2D eigenvalue weighted by molar-refractivity contribution is -0.119. The van der Waals surface area contributed by atoms with Crippen molar-refractivity contribution in [2.24, 2.45) is 0 Å². The van der Waals surface area contributed by atoms with Gasteiger partial charge in [-0.1, -0.05) is 6.92 Å². The van der Waals surface area contributed by atoms with Crippen molar-refractivity contribution in [2.45, 2.75) is 46.6 Å². The normalized spacial score (nSPS) is 10.4. The van der Waals surface area contributed by atoms with E-state index in [2.05, 4.69) is 32.8 Å². The van der Waals surface area contributed by atoms with Crippen LogP contribution in [0.4, 0.5) is 11.6 Å². The van der Waals surface area contributed by atoms with E-state index in [1.807, 2.05) is 26.8 Å². The quantitative estimate of drug-likeness (QED) is 0.676. The van der Waals surface area contributed by atoms with Crippen LogP contribution in [0.5, 0.6) is 0 Å². The summed E-state index contributed by atoms with van der Waals surface area (Å²) in [7, 11) is 0. The molecule has 1 aromatic rings. The van der Waals surface area contributed by atoms with Gasteiger partial charge in [0, 0.05) is 25.1 Å². The molecule has 0 spiro atoms. The molecule has 20 heavy (non-hydrogen) atoms. The number of aryl methyl sites for hydroxylation is 1. The number of hydrogen-bond acceptors (Lipinski definition) is 5. The van der Waals surface area contributed by atoms with Crippen LogP contribution >= 0.6 is 0 Å². The van der Waals surface area contributed by atoms with Gasteiger partial charge in [-0.2, -0.15) is 0 Å². The third-order valence-corrected chi connectivity index (χ3v) is 2.48. The summed E-state index contributed by atoms with van der Waals surface area (Å²) in [6.45, 7) is 9.00. The predicted molar refractivity (Wildman–Crippen MR) is 82.0 cm³/mol. The zero-order chi connectivity index (χ0) is 15.0. The lowest BCUT2D eigenvalue weighted by atomic mass is 10.3. The van der Waals surface area contributed by atoms with Crippen molar-refractivity contribution in [3.8, 4) is 0 Å². The van der Waals surface area contributed by atoms with Crippen LogP contribution in [0.1, 0.15) is 39.9 Å². The number of aromatic nitrogens is 2. The smallest absolute Gasteiger partial charge is 0.239 e. The fraction of sp³-hybridized carbons (Fsp3) is 0.643. The Labute approximate surface area is 120 Å². The second-order valence-electron chi connectivity index (χ2n) is 4.91. The highest BCUT2D eigenvalue weighted by Gasteiger charge is 2.06. The van der Waals surface area contributed by atoms with E-state index < -0.39 is 0 Å². The lowest BCUT2D eigenvalue weighted by Crippen LogP contribution is -2.35. The van der Waals surface area contributed by atoms with E-state index in [1.165, 1.54) is 0 Å². The Kier molecular flexibility index (Phi) is 6.76. The molecule has 6 nitrogen and oxygen atoms in total. The van der Waals surface area contributed by atoms with Gasteiger partial charge in [0.1, 0.15) is 17.5 Å². The maximum absolute atomic E-state index is 11.6. The topological polar surface area (TPSA) is 78.9 Å². The second kappa shape index (κ2) is 8.35. The van der Waals surface area contributed by atoms with Gasteiger partial charge >= 0.3 is 0 Å². The average molecular weight is 279 g/mol. The Hall–Kier alpha value is -1.85. The molecule has 1 rings (SSSR count). The maximum atomic E-state index is 11.6. The number of amides is 1. The minimum atomic E-state index is -0.0411. The number of rotatable bonds is 8. The van der Waals surface area contributed by atoms with Crippen molar-refractivity contribution in [1.82, 2.24) is 15.3 Å². The third kappa shape index (κ3) is 5.86. The van der Waals surface area contributed by atoms with Crippen LogP contribution in [0.25, 0.3) is 0 Å². The van der Waals surface area contributed by atoms with Gasteiger partial charge in [-0.3, -0.25) is 4.79 Å². The summed E-state index contributed by atoms with van der Waals surface area (Å²) in [6.07, 6.45) is 1.81. The van der Waals surface area contributed by atoms with Gasteiger partial charge in [-0.05, 0) is 27.2 Å². The molecule has 0 radical (unpaired) electrons. The van der Waals surface area contributed by atoms with E-state index in [1.54, 1.807) is 0 Å². The zero-order valence-corrected chi connectivity index (χ0v) is 12.8. The van der Waals surface area contributed by atoms with Crippen molar-refractivity contribution in [3.63, 3.8) is 0 Å². The first kappa shape index (κ1) is 16.2. The van der Waals surface area contributed by atoms with Crippen LogP contribution < -0.4 is 16.0 Å². The molecule has 0 atom stereocenters. The first-order chi connectivity index (χ1) is 9.55. The van der Waals surface area contributed by atoms with E-state index in [9.17, 15) is 4.79 Å². The van der Waals surface area contributed by atoms with Crippen LogP contribution in [0.3, 0.4) is 0 Å². The average Bonchev–Trinajstić information content (AvgIpc) is 2.36. The monoisotopic (exact) mass is 279 g/mol. The van der Waals surface area contributed by atoms with Crippen molar-refractivity contribution in [1.29, 1.82) is 0 Å². The molecule has 1 amide bonds. The highest BCUT2D eigenvalue weighted by atomic mass is 16.1. The summed E-state index contributed by atoms with van der Waals surface area (Å²) in [5, 5.41) is 9.05. The molecule has 0 aliphatic heterocycles. The van der Waals surface area contributed by atoms with Gasteiger partial charge in [0.25, 0.3) is 0 Å². The van der Waals surface area contributed by atoms with E-state index >= 15 is 0 Å². The van der Waals surface area contributed by atoms with Crippen LogP contribution in [-0.4, -0.2) is 35.0 Å². The molecule has 1 aromatic heterocycles. The number of hydrogen-bond donors (Lipinski definition) is 3. The van der Waals surface area contributed by atoms with Crippen molar-refractivity contribution < 1.29 is 4.79 Å². The first-order valence-corrected chi connectivity index (χ1v) is 7.20. The highest BCUT2D eigenvalue weighted by molar-refractivity contribution is 5.80. The highest BCUT2D eigenvalue weighted by Crippen LogP contribution is 2.12. The summed E-state index contributed by atoms with van der Waals surface area (Å²) in [6, 6.07) is 1.97. The predicted octanol–water partition coefficient (Wildman–Crippen LogP) is 1.80. The van der Waals surface area contributed by atoms with Crippen LogP contribution in [-0.2, 0) is 11.2 Å². The largest absolute Gasteiger partial charge is 0.370 e. The molecule has 112 valence electrons. The molecular formula is C14H25N5O. The van der Waals surface area contributed by atoms with Gasteiger partial charge in [0.15, 0.2) is 0 Å². The summed E-state index contributed by atoms with van der Waals surface area (Å²) in [5.41, 5.74) is 0. The van der Waals surface area contributed by atoms with E-state index in [4.69, 9.17) is 0 Å². The summed E-state index contributed by atoms with van der Waals surface area (Å²) in [4.78, 5) is 20.5. The lowest BCUT2D eigenvalue weighted by Gasteiger charge is -2.12. The number of nitrogens with one attached hydrogen (secondary N) is 3. The minimum absolute atomic E-state index is 0.0411. The molecule has 0 aromatic carbocycles. The fourth-order valence-electron chi connectivity index (χ4n) is 1.74. The van der Waals surface area contributed by atoms with Crippen molar-refractivity contribution >= 4 is 17.5 Å². The number of carbonyl (C=O) groups excluding carboxylic acids is 1. The molecule has 0 unspecified atom stereocenters. The molecule has 1 heterocycles. The number of nitrogens with zero attached hydrogens (tertiary/aromatic N) is 2. The third-order valence-electron chi connectivity index (χ3n) is 2.48. The second-order valence-corrected chi connectivity index (χ2v) is 4.91. The van der Waals surface area contributed by atoms with Gasteiger partial charge in [-0.25, -0.2) is 9.97 Å². The minimum Gasteiger partial charge on any atom is -0.370 e. The molecule has 0 aliphatic rings. The molecular weight excluding hydrogens is 254 g/mol. The first-order valence-electron chi connectivity index (χ1n) is 7.20. The van der Waals surface area contributed by atoms with Crippen LogP contribution in [0.2, 0.25) is 0 Å². The Morgan fingerprint density at radius 1 is 1.20 bits per heavy atom. The Bertz CT molecular complexity index is 409. The Morgan fingerprint density at radius 2 is 1.85 bits per heavy atom. The molecule has 3 N–H and O–H groups in total. The summed E-state index contributed by atoms with van der Waals surface area (Å²) < 4.78 is 0. The fourth-order valence-corrected chi connectivity index (χ4v) is 1.74. The zero-order valence-electron chi connectivity index (χ0n) is 12.8. The molecule has 0 fully saturated rings. The SMILES string of the molecule is CCCc1nc(NCC)cc(NCC(=O)NC(C)C)n1. The molecule has 6 heteroatoms. The van der Waals surface area contributed by atoms with Crippen LogP contribution in [0, 0.1) is 0 Å².